The van der Waals surface area contributed by atoms with Gasteiger partial charge in [0.25, 0.3) is 0 Å². The third-order valence-corrected chi connectivity index (χ3v) is 2.43. The van der Waals surface area contributed by atoms with Gasteiger partial charge in [0.1, 0.15) is 17.4 Å². The van der Waals surface area contributed by atoms with E-state index < -0.39 is 17.1 Å². The molecule has 1 rings (SSSR count). The van der Waals surface area contributed by atoms with Crippen molar-refractivity contribution in [1.29, 1.82) is 5.26 Å². The molecule has 0 aliphatic carbocycles. The second kappa shape index (κ2) is 4.56. The molecule has 1 unspecified atom stereocenters. The number of nitrogen functional groups attached to an aromatic ring is 1. The molecule has 0 amide bonds. The highest BCUT2D eigenvalue weighted by Gasteiger charge is 2.32. The van der Waals surface area contributed by atoms with Crippen molar-refractivity contribution in [2.45, 2.75) is 39.0 Å². The lowest BCUT2D eigenvalue weighted by molar-refractivity contribution is -0.00720. The maximum Gasteiger partial charge on any atom is 0.150 e. The van der Waals surface area contributed by atoms with Crippen molar-refractivity contribution in [3.05, 3.63) is 29.1 Å². The van der Waals surface area contributed by atoms with E-state index >= 15 is 0 Å². The Kier molecular flexibility index (Phi) is 3.65. The summed E-state index contributed by atoms with van der Waals surface area (Å²) in [5.74, 6) is -0.792. The zero-order chi connectivity index (χ0) is 14.1. The number of nitrogens with two attached hydrogens (primary N) is 1. The molecule has 0 bridgehead atoms. The van der Waals surface area contributed by atoms with Crippen LogP contribution in [-0.4, -0.2) is 10.6 Å². The summed E-state index contributed by atoms with van der Waals surface area (Å²) in [6.45, 7) is 6.99. The Hall–Kier alpha value is -1.64. The van der Waals surface area contributed by atoms with Crippen molar-refractivity contribution in [2.75, 3.05) is 5.73 Å². The number of aliphatic hydroxyl groups is 1. The average molecular weight is 251 g/mol. The first-order chi connectivity index (χ1) is 8.08. The zero-order valence-electron chi connectivity index (χ0n) is 11.0. The van der Waals surface area contributed by atoms with Crippen molar-refractivity contribution >= 4 is 5.69 Å². The number of benzene rings is 1. The number of halogens is 1. The van der Waals surface area contributed by atoms with Gasteiger partial charge in [-0.2, -0.15) is 5.26 Å². The highest BCUT2D eigenvalue weighted by atomic mass is 19.1. The van der Waals surface area contributed by atoms with Crippen molar-refractivity contribution in [2.24, 2.45) is 0 Å². The molecule has 1 aromatic rings. The molecule has 0 saturated heterocycles. The zero-order valence-corrected chi connectivity index (χ0v) is 11.0. The molecule has 0 radical (unpaired) electrons. The fourth-order valence-corrected chi connectivity index (χ4v) is 1.88. The molecule has 0 aliphatic heterocycles. The number of hydrogen-bond donors (Lipinski definition) is 3. The molecule has 18 heavy (non-hydrogen) atoms. The number of nitriles is 1. The van der Waals surface area contributed by atoms with E-state index in [1.807, 2.05) is 20.8 Å². The Bertz CT molecular complexity index is 498. The van der Waals surface area contributed by atoms with Crippen LogP contribution in [0.4, 0.5) is 10.1 Å². The molecule has 0 fully saturated rings. The maximum absolute atomic E-state index is 14.1. The van der Waals surface area contributed by atoms with Crippen molar-refractivity contribution < 1.29 is 9.50 Å². The highest BCUT2D eigenvalue weighted by Crippen LogP contribution is 2.28. The third kappa shape index (κ3) is 2.97. The summed E-state index contributed by atoms with van der Waals surface area (Å²) in [6.07, 6.45) is 0. The summed E-state index contributed by atoms with van der Waals surface area (Å²) in [5, 5.41) is 22.1. The van der Waals surface area contributed by atoms with Gasteiger partial charge < -0.3 is 10.8 Å². The van der Waals surface area contributed by atoms with Gasteiger partial charge in [-0.25, -0.2) is 4.39 Å². The first kappa shape index (κ1) is 14.4. The van der Waals surface area contributed by atoms with E-state index in [1.54, 1.807) is 6.07 Å². The molecule has 1 atom stereocenters. The van der Waals surface area contributed by atoms with Gasteiger partial charge in [-0.1, -0.05) is 0 Å². The highest BCUT2D eigenvalue weighted by molar-refractivity contribution is 5.56. The van der Waals surface area contributed by atoms with Crippen LogP contribution in [0.25, 0.3) is 0 Å². The molecule has 98 valence electrons. The van der Waals surface area contributed by atoms with E-state index in [9.17, 15) is 9.50 Å². The van der Waals surface area contributed by atoms with Gasteiger partial charge in [0.05, 0.1) is 5.69 Å². The molecule has 0 aromatic heterocycles. The second-order valence-corrected chi connectivity index (χ2v) is 5.45. The molecule has 0 spiro atoms. The van der Waals surface area contributed by atoms with Crippen LogP contribution >= 0.6 is 0 Å². The van der Waals surface area contributed by atoms with Gasteiger partial charge in [-0.3, -0.25) is 5.32 Å². The van der Waals surface area contributed by atoms with Gasteiger partial charge in [0, 0.05) is 11.1 Å². The van der Waals surface area contributed by atoms with Crippen LogP contribution in [0.1, 0.15) is 38.8 Å². The Labute approximate surface area is 106 Å². The van der Waals surface area contributed by atoms with Crippen LogP contribution in [0.2, 0.25) is 0 Å². The normalized spacial score (nSPS) is 14.9. The van der Waals surface area contributed by atoms with Crippen molar-refractivity contribution in [3.8, 4) is 6.07 Å². The lowest BCUT2D eigenvalue weighted by atomic mass is 9.97. The Balaban J connectivity index is 3.31. The van der Waals surface area contributed by atoms with E-state index in [0.717, 1.165) is 0 Å². The fourth-order valence-electron chi connectivity index (χ4n) is 1.88. The Morgan fingerprint density at radius 1 is 1.33 bits per heavy atom. The Morgan fingerprint density at radius 2 is 1.89 bits per heavy atom. The summed E-state index contributed by atoms with van der Waals surface area (Å²) < 4.78 is 14.1. The smallest absolute Gasteiger partial charge is 0.150 e. The molecule has 0 saturated carbocycles. The van der Waals surface area contributed by atoms with Crippen LogP contribution in [0.3, 0.4) is 0 Å². The number of nitrogens with one attached hydrogen (secondary N) is 1. The Morgan fingerprint density at radius 3 is 2.33 bits per heavy atom. The summed E-state index contributed by atoms with van der Waals surface area (Å²) in [6, 6.07) is 4.49. The predicted octanol–water partition coefficient (Wildman–Crippen LogP) is 1.83. The molecular formula is C13H18FN3O. The SMILES string of the molecule is CC(C)(C)NC(C)(O)c1ccc(N)c(C#N)c1F. The lowest BCUT2D eigenvalue weighted by Gasteiger charge is -2.34. The maximum atomic E-state index is 14.1. The fraction of sp³-hybridized carbons (Fsp3) is 0.462. The van der Waals surface area contributed by atoms with Crippen LogP contribution in [-0.2, 0) is 5.72 Å². The topological polar surface area (TPSA) is 82.1 Å². The summed E-state index contributed by atoms with van der Waals surface area (Å²) >= 11 is 0. The van der Waals surface area contributed by atoms with Crippen molar-refractivity contribution in [3.63, 3.8) is 0 Å². The quantitative estimate of drug-likeness (QED) is 0.553. The second-order valence-electron chi connectivity index (χ2n) is 5.45. The van der Waals surface area contributed by atoms with Gasteiger partial charge in [-0.15, -0.1) is 0 Å². The third-order valence-electron chi connectivity index (χ3n) is 2.43. The molecule has 0 heterocycles. The van der Waals surface area contributed by atoms with Gasteiger partial charge in [0.15, 0.2) is 5.82 Å². The minimum Gasteiger partial charge on any atom is -0.398 e. The standard InChI is InChI=1S/C13H18FN3O/c1-12(2,3)17-13(4,18)9-5-6-10(16)8(7-15)11(9)14/h5-6,17-18H,16H2,1-4H3. The van der Waals surface area contributed by atoms with E-state index in [-0.39, 0.29) is 16.8 Å². The number of rotatable bonds is 2. The number of anilines is 1. The monoisotopic (exact) mass is 251 g/mol. The van der Waals surface area contributed by atoms with Gasteiger partial charge in [0.2, 0.25) is 0 Å². The minimum atomic E-state index is -1.58. The molecule has 4 nitrogen and oxygen atoms in total. The first-order valence-electron chi connectivity index (χ1n) is 5.59. The number of hydrogen-bond acceptors (Lipinski definition) is 4. The van der Waals surface area contributed by atoms with E-state index in [2.05, 4.69) is 5.32 Å². The van der Waals surface area contributed by atoms with Crippen LogP contribution < -0.4 is 11.1 Å². The van der Waals surface area contributed by atoms with Crippen molar-refractivity contribution in [1.82, 2.24) is 5.32 Å². The molecule has 4 N–H and O–H groups in total. The van der Waals surface area contributed by atoms with Crippen LogP contribution in [0.15, 0.2) is 12.1 Å². The van der Waals surface area contributed by atoms with Gasteiger partial charge >= 0.3 is 0 Å². The first-order valence-corrected chi connectivity index (χ1v) is 5.59. The summed E-state index contributed by atoms with van der Waals surface area (Å²) in [4.78, 5) is 0. The predicted molar refractivity (Wildman–Crippen MR) is 68.0 cm³/mol. The van der Waals surface area contributed by atoms with E-state index in [4.69, 9.17) is 11.0 Å². The molecular weight excluding hydrogens is 233 g/mol. The van der Waals surface area contributed by atoms with Crippen LogP contribution in [0.5, 0.6) is 0 Å². The number of nitrogens with zero attached hydrogens (tertiary/aromatic N) is 1. The molecule has 0 aliphatic rings. The summed E-state index contributed by atoms with van der Waals surface area (Å²) in [7, 11) is 0. The summed E-state index contributed by atoms with van der Waals surface area (Å²) in [5.41, 5.74) is 3.33. The van der Waals surface area contributed by atoms with Gasteiger partial charge in [-0.05, 0) is 39.8 Å². The lowest BCUT2D eigenvalue weighted by Crippen LogP contribution is -2.50. The van der Waals surface area contributed by atoms with E-state index in [0.29, 0.717) is 0 Å². The molecule has 1 aromatic carbocycles. The van der Waals surface area contributed by atoms with E-state index in [1.165, 1.54) is 19.1 Å². The largest absolute Gasteiger partial charge is 0.398 e. The average Bonchev–Trinajstić information content (AvgIpc) is 2.13. The van der Waals surface area contributed by atoms with Crippen LogP contribution in [0, 0.1) is 17.1 Å². The molecule has 5 heteroatoms. The minimum absolute atomic E-state index is 0.00294.